The molecule has 22 heavy (non-hydrogen) atoms. The molecule has 0 aliphatic heterocycles. The van der Waals surface area contributed by atoms with Crippen molar-refractivity contribution >= 4 is 26.9 Å². The van der Waals surface area contributed by atoms with Gasteiger partial charge in [-0.3, -0.25) is 0 Å². The van der Waals surface area contributed by atoms with Gasteiger partial charge in [-0.1, -0.05) is 12.1 Å². The number of hydrogen-bond donors (Lipinski definition) is 1. The molecule has 1 atom stereocenters. The Balaban J connectivity index is 1.65. The van der Waals surface area contributed by atoms with Gasteiger partial charge in [-0.05, 0) is 60.4 Å². The van der Waals surface area contributed by atoms with Crippen LogP contribution in [0.3, 0.4) is 0 Å². The van der Waals surface area contributed by atoms with Crippen LogP contribution in [0.4, 0.5) is 5.69 Å². The summed E-state index contributed by atoms with van der Waals surface area (Å²) in [6.45, 7) is 0. The Labute approximate surface area is 136 Å². The molecule has 0 unspecified atom stereocenters. The third-order valence-electron chi connectivity index (χ3n) is 4.11. The first kappa shape index (κ1) is 15.6. The normalized spacial score (nSPS) is 18.0. The Bertz CT molecular complexity index is 732. The Kier molecular flexibility index (Phi) is 4.54. The molecule has 1 N–H and O–H groups in total. The third kappa shape index (κ3) is 3.90. The van der Waals surface area contributed by atoms with Crippen LogP contribution in [0, 0.1) is 0 Å². The smallest absolute Gasteiger partial charge is 0.147 e. The molecule has 5 heteroatoms. The van der Waals surface area contributed by atoms with Crippen molar-refractivity contribution in [3.8, 4) is 0 Å². The predicted octanol–water partition coefficient (Wildman–Crippen LogP) is 3.82. The summed E-state index contributed by atoms with van der Waals surface area (Å²) in [5.41, 5.74) is 3.61. The highest BCUT2D eigenvalue weighted by atomic mass is 32.2. The third-order valence-corrected chi connectivity index (χ3v) is 6.05. The van der Waals surface area contributed by atoms with Crippen molar-refractivity contribution in [3.05, 3.63) is 51.7 Å². The van der Waals surface area contributed by atoms with Gasteiger partial charge in [0.25, 0.3) is 0 Å². The molecule has 0 amide bonds. The zero-order chi connectivity index (χ0) is 15.6. The number of anilines is 1. The van der Waals surface area contributed by atoms with Crippen molar-refractivity contribution in [2.75, 3.05) is 17.3 Å². The summed E-state index contributed by atoms with van der Waals surface area (Å²) in [5.74, 6) is 0.209. The van der Waals surface area contributed by atoms with Crippen LogP contribution in [-0.2, 0) is 22.7 Å². The molecule has 0 fully saturated rings. The number of sulfone groups is 1. The summed E-state index contributed by atoms with van der Waals surface area (Å²) >= 11 is 1.85. The fourth-order valence-corrected chi connectivity index (χ4v) is 4.50. The van der Waals surface area contributed by atoms with E-state index in [1.165, 1.54) is 36.0 Å². The lowest BCUT2D eigenvalue weighted by Crippen LogP contribution is -2.15. The maximum Gasteiger partial charge on any atom is 0.147 e. The maximum absolute atomic E-state index is 11.2. The Morgan fingerprint density at radius 2 is 2.00 bits per heavy atom. The average molecular weight is 335 g/mol. The van der Waals surface area contributed by atoms with Crippen LogP contribution in [0.1, 0.15) is 34.9 Å². The van der Waals surface area contributed by atoms with Gasteiger partial charge in [-0.25, -0.2) is 8.42 Å². The summed E-state index contributed by atoms with van der Waals surface area (Å²) in [6.07, 6.45) is 5.47. The standard InChI is InChI=1S/C17H21NO2S2/c1-22(19,20)12-10-13-5-7-14(8-6-13)18-16-3-2-4-17-15(16)9-11-21-17/h5-9,11,16,18H,2-4,10,12H2,1H3/t16-/m0/s1. The molecular formula is C17H21NO2S2. The van der Waals surface area contributed by atoms with Gasteiger partial charge in [0.1, 0.15) is 9.84 Å². The first-order valence-electron chi connectivity index (χ1n) is 7.61. The number of rotatable bonds is 5. The van der Waals surface area contributed by atoms with Gasteiger partial charge < -0.3 is 5.32 Å². The zero-order valence-corrected chi connectivity index (χ0v) is 14.3. The molecule has 1 heterocycles. The van der Waals surface area contributed by atoms with Crippen molar-refractivity contribution in [3.63, 3.8) is 0 Å². The second-order valence-electron chi connectivity index (χ2n) is 5.97. The molecule has 0 radical (unpaired) electrons. The Morgan fingerprint density at radius 1 is 1.23 bits per heavy atom. The first-order chi connectivity index (χ1) is 10.5. The lowest BCUT2D eigenvalue weighted by atomic mass is 9.94. The molecule has 1 aliphatic rings. The van der Waals surface area contributed by atoms with Crippen LogP contribution in [-0.4, -0.2) is 20.4 Å². The molecule has 3 nitrogen and oxygen atoms in total. The van der Waals surface area contributed by atoms with Crippen molar-refractivity contribution < 1.29 is 8.42 Å². The zero-order valence-electron chi connectivity index (χ0n) is 12.7. The highest BCUT2D eigenvalue weighted by Gasteiger charge is 2.20. The summed E-state index contributed by atoms with van der Waals surface area (Å²) in [4.78, 5) is 1.51. The molecule has 1 aromatic carbocycles. The first-order valence-corrected chi connectivity index (χ1v) is 10.5. The number of thiophene rings is 1. The lowest BCUT2D eigenvalue weighted by molar-refractivity contribution is 0.601. The topological polar surface area (TPSA) is 46.2 Å². The number of hydrogen-bond acceptors (Lipinski definition) is 4. The van der Waals surface area contributed by atoms with Gasteiger partial charge in [-0.15, -0.1) is 11.3 Å². The largest absolute Gasteiger partial charge is 0.378 e. The SMILES string of the molecule is CS(=O)(=O)CCc1ccc(N[C@H]2CCCc3sccc32)cc1. The molecule has 2 aromatic rings. The number of nitrogens with one attached hydrogen (secondary N) is 1. The van der Waals surface area contributed by atoms with Crippen LogP contribution in [0.25, 0.3) is 0 Å². The van der Waals surface area contributed by atoms with Crippen LogP contribution < -0.4 is 5.32 Å². The Hall–Kier alpha value is -1.33. The van der Waals surface area contributed by atoms with Gasteiger partial charge in [0.2, 0.25) is 0 Å². The van der Waals surface area contributed by atoms with E-state index in [-0.39, 0.29) is 5.75 Å². The monoisotopic (exact) mass is 335 g/mol. The van der Waals surface area contributed by atoms with Crippen LogP contribution in [0.2, 0.25) is 0 Å². The molecule has 1 aliphatic carbocycles. The van der Waals surface area contributed by atoms with E-state index in [2.05, 4.69) is 28.9 Å². The predicted molar refractivity (Wildman–Crippen MR) is 93.5 cm³/mol. The molecular weight excluding hydrogens is 314 g/mol. The number of fused-ring (bicyclic) bond motifs is 1. The fraction of sp³-hybridized carbons (Fsp3) is 0.412. The van der Waals surface area contributed by atoms with E-state index < -0.39 is 9.84 Å². The summed E-state index contributed by atoms with van der Waals surface area (Å²) in [7, 11) is -2.90. The van der Waals surface area contributed by atoms with Gasteiger partial charge in [0.15, 0.2) is 0 Å². The molecule has 1 aromatic heterocycles. The minimum atomic E-state index is -2.90. The molecule has 0 spiro atoms. The quantitative estimate of drug-likeness (QED) is 0.903. The van der Waals surface area contributed by atoms with E-state index in [9.17, 15) is 8.42 Å². The number of benzene rings is 1. The highest BCUT2D eigenvalue weighted by Crippen LogP contribution is 2.35. The molecule has 0 bridgehead atoms. The molecule has 0 saturated heterocycles. The van der Waals surface area contributed by atoms with Crippen molar-refractivity contribution in [2.45, 2.75) is 31.7 Å². The van der Waals surface area contributed by atoms with Gasteiger partial charge in [0, 0.05) is 16.8 Å². The lowest BCUT2D eigenvalue weighted by Gasteiger charge is -2.24. The Morgan fingerprint density at radius 3 is 2.73 bits per heavy atom. The second kappa shape index (κ2) is 6.42. The summed E-state index contributed by atoms with van der Waals surface area (Å²) in [6, 6.07) is 10.8. The van der Waals surface area contributed by atoms with Crippen molar-refractivity contribution in [1.82, 2.24) is 0 Å². The van der Waals surface area contributed by atoms with Gasteiger partial charge in [0.05, 0.1) is 11.8 Å². The van der Waals surface area contributed by atoms with Crippen molar-refractivity contribution in [1.29, 1.82) is 0 Å². The van der Waals surface area contributed by atoms with Crippen molar-refractivity contribution in [2.24, 2.45) is 0 Å². The average Bonchev–Trinajstić information content (AvgIpc) is 2.95. The van der Waals surface area contributed by atoms with E-state index in [4.69, 9.17) is 0 Å². The maximum atomic E-state index is 11.2. The van der Waals surface area contributed by atoms with E-state index in [1.54, 1.807) is 0 Å². The van der Waals surface area contributed by atoms with E-state index in [0.29, 0.717) is 12.5 Å². The van der Waals surface area contributed by atoms with Crippen LogP contribution >= 0.6 is 11.3 Å². The highest BCUT2D eigenvalue weighted by molar-refractivity contribution is 7.90. The van der Waals surface area contributed by atoms with Crippen LogP contribution in [0.5, 0.6) is 0 Å². The molecule has 3 rings (SSSR count). The molecule has 0 saturated carbocycles. The molecule has 118 valence electrons. The minimum absolute atomic E-state index is 0.209. The number of aryl methyl sites for hydroxylation is 2. The minimum Gasteiger partial charge on any atom is -0.378 e. The fourth-order valence-electron chi connectivity index (χ4n) is 2.91. The summed E-state index contributed by atoms with van der Waals surface area (Å²) in [5, 5.41) is 5.79. The van der Waals surface area contributed by atoms with Crippen LogP contribution in [0.15, 0.2) is 35.7 Å². The van der Waals surface area contributed by atoms with E-state index >= 15 is 0 Å². The second-order valence-corrected chi connectivity index (χ2v) is 9.23. The summed E-state index contributed by atoms with van der Waals surface area (Å²) < 4.78 is 22.4. The van der Waals surface area contributed by atoms with E-state index in [1.807, 2.05) is 23.5 Å². The van der Waals surface area contributed by atoms with Gasteiger partial charge >= 0.3 is 0 Å². The van der Waals surface area contributed by atoms with Gasteiger partial charge in [-0.2, -0.15) is 0 Å². The van der Waals surface area contributed by atoms with E-state index in [0.717, 1.165) is 11.3 Å².